The van der Waals surface area contributed by atoms with Gasteiger partial charge in [-0.1, -0.05) is 0 Å². The molecular formula is C15H19N5O2S. The fraction of sp³-hybridized carbons (Fsp3) is 0.467. The van der Waals surface area contributed by atoms with Crippen LogP contribution in [-0.2, 0) is 4.79 Å². The molecule has 1 fully saturated rings. The van der Waals surface area contributed by atoms with Crippen molar-refractivity contribution in [1.29, 1.82) is 0 Å². The number of thiazole rings is 1. The summed E-state index contributed by atoms with van der Waals surface area (Å²) in [4.78, 5) is 29.7. The number of carbonyl (C=O) groups is 2. The van der Waals surface area contributed by atoms with Crippen molar-refractivity contribution in [1.82, 2.24) is 19.7 Å². The van der Waals surface area contributed by atoms with Crippen molar-refractivity contribution in [2.45, 2.75) is 32.7 Å². The van der Waals surface area contributed by atoms with Gasteiger partial charge in [0.25, 0.3) is 5.91 Å². The Labute approximate surface area is 138 Å². The molecule has 0 aliphatic carbocycles. The minimum Gasteiger partial charge on any atom is -0.335 e. The topological polar surface area (TPSA) is 80.1 Å². The summed E-state index contributed by atoms with van der Waals surface area (Å²) in [6, 6.07) is 0.204. The molecule has 0 saturated carbocycles. The van der Waals surface area contributed by atoms with Crippen LogP contribution in [0, 0.1) is 6.92 Å². The van der Waals surface area contributed by atoms with Crippen LogP contribution in [0.5, 0.6) is 0 Å². The molecular weight excluding hydrogens is 314 g/mol. The Hall–Kier alpha value is -2.22. The SMILES string of the molecule is CC(=O)Nc1nc(C(=O)N2CCCC(n3cc(C)cn3)C2)cs1. The molecule has 1 N–H and O–H groups in total. The van der Waals surface area contributed by atoms with E-state index in [1.54, 1.807) is 5.38 Å². The van der Waals surface area contributed by atoms with Gasteiger partial charge >= 0.3 is 0 Å². The monoisotopic (exact) mass is 333 g/mol. The zero-order chi connectivity index (χ0) is 16.4. The average molecular weight is 333 g/mol. The predicted molar refractivity (Wildman–Crippen MR) is 87.6 cm³/mol. The first-order chi connectivity index (χ1) is 11.0. The van der Waals surface area contributed by atoms with Crippen molar-refractivity contribution in [3.8, 4) is 0 Å². The van der Waals surface area contributed by atoms with Crippen LogP contribution in [0.2, 0.25) is 0 Å². The Bertz CT molecular complexity index is 723. The van der Waals surface area contributed by atoms with Crippen LogP contribution in [0.3, 0.4) is 0 Å². The first-order valence-corrected chi connectivity index (χ1v) is 8.44. The van der Waals surface area contributed by atoms with E-state index in [4.69, 9.17) is 0 Å². The summed E-state index contributed by atoms with van der Waals surface area (Å²) in [7, 11) is 0. The highest BCUT2D eigenvalue weighted by molar-refractivity contribution is 7.14. The molecule has 3 rings (SSSR count). The molecule has 3 heterocycles. The van der Waals surface area contributed by atoms with E-state index in [1.807, 2.05) is 28.9 Å². The molecule has 0 bridgehead atoms. The summed E-state index contributed by atoms with van der Waals surface area (Å²) >= 11 is 1.26. The maximum atomic E-state index is 12.6. The number of aromatic nitrogens is 3. The fourth-order valence-corrected chi connectivity index (χ4v) is 3.46. The van der Waals surface area contributed by atoms with Crippen molar-refractivity contribution in [2.24, 2.45) is 0 Å². The molecule has 1 atom stereocenters. The molecule has 2 amide bonds. The van der Waals surface area contributed by atoms with Crippen molar-refractivity contribution in [3.63, 3.8) is 0 Å². The van der Waals surface area contributed by atoms with Gasteiger partial charge in [0, 0.05) is 31.6 Å². The highest BCUT2D eigenvalue weighted by Crippen LogP contribution is 2.24. The van der Waals surface area contributed by atoms with Gasteiger partial charge in [0.2, 0.25) is 5.91 Å². The summed E-state index contributed by atoms with van der Waals surface area (Å²) in [5.74, 6) is -0.281. The lowest BCUT2D eigenvalue weighted by molar-refractivity contribution is -0.114. The quantitative estimate of drug-likeness (QED) is 0.932. The minimum absolute atomic E-state index is 0.0913. The number of piperidine rings is 1. The van der Waals surface area contributed by atoms with Crippen molar-refractivity contribution < 1.29 is 9.59 Å². The maximum Gasteiger partial charge on any atom is 0.273 e. The molecule has 2 aromatic rings. The molecule has 8 heteroatoms. The largest absolute Gasteiger partial charge is 0.335 e. The number of nitrogens with zero attached hydrogens (tertiary/aromatic N) is 4. The van der Waals surface area contributed by atoms with E-state index in [2.05, 4.69) is 15.4 Å². The molecule has 1 aliphatic heterocycles. The molecule has 122 valence electrons. The Morgan fingerprint density at radius 2 is 2.26 bits per heavy atom. The summed E-state index contributed by atoms with van der Waals surface area (Å²) in [5, 5.41) is 9.11. The lowest BCUT2D eigenvalue weighted by atomic mass is 10.1. The van der Waals surface area contributed by atoms with E-state index < -0.39 is 0 Å². The zero-order valence-electron chi connectivity index (χ0n) is 13.2. The summed E-state index contributed by atoms with van der Waals surface area (Å²) in [6.45, 7) is 4.79. The van der Waals surface area contributed by atoms with Gasteiger partial charge in [0.1, 0.15) is 5.69 Å². The van der Waals surface area contributed by atoms with Crippen LogP contribution in [0.15, 0.2) is 17.8 Å². The van der Waals surface area contributed by atoms with Crippen LogP contribution in [-0.4, -0.2) is 44.6 Å². The third kappa shape index (κ3) is 3.58. The van der Waals surface area contributed by atoms with E-state index in [-0.39, 0.29) is 17.9 Å². The van der Waals surface area contributed by atoms with E-state index >= 15 is 0 Å². The summed E-state index contributed by atoms with van der Waals surface area (Å²) in [6.07, 6.45) is 5.80. The molecule has 23 heavy (non-hydrogen) atoms. The summed E-state index contributed by atoms with van der Waals surface area (Å²) in [5.41, 5.74) is 1.50. The van der Waals surface area contributed by atoms with Crippen LogP contribution >= 0.6 is 11.3 Å². The second kappa shape index (κ2) is 6.49. The number of likely N-dealkylation sites (tertiary alicyclic amines) is 1. The van der Waals surface area contributed by atoms with Gasteiger partial charge in [0.15, 0.2) is 5.13 Å². The van der Waals surface area contributed by atoms with Gasteiger partial charge < -0.3 is 10.2 Å². The van der Waals surface area contributed by atoms with Gasteiger partial charge in [-0.05, 0) is 25.3 Å². The van der Waals surface area contributed by atoms with Gasteiger partial charge in [-0.3, -0.25) is 14.3 Å². The fourth-order valence-electron chi connectivity index (χ4n) is 2.73. The highest BCUT2D eigenvalue weighted by atomic mass is 32.1. The summed E-state index contributed by atoms with van der Waals surface area (Å²) < 4.78 is 1.94. The van der Waals surface area contributed by atoms with Crippen molar-refractivity contribution >= 4 is 28.3 Å². The maximum absolute atomic E-state index is 12.6. The molecule has 1 unspecified atom stereocenters. The van der Waals surface area contributed by atoms with E-state index in [0.717, 1.165) is 24.9 Å². The Balaban J connectivity index is 1.69. The van der Waals surface area contributed by atoms with Gasteiger partial charge in [-0.15, -0.1) is 11.3 Å². The molecule has 0 radical (unpaired) electrons. The predicted octanol–water partition coefficient (Wildman–Crippen LogP) is 2.08. The number of hydrogen-bond donors (Lipinski definition) is 1. The Morgan fingerprint density at radius 3 is 2.96 bits per heavy atom. The molecule has 1 saturated heterocycles. The Kier molecular flexibility index (Phi) is 4.42. The Morgan fingerprint density at radius 1 is 1.43 bits per heavy atom. The van der Waals surface area contributed by atoms with Crippen molar-refractivity contribution in [3.05, 3.63) is 29.0 Å². The smallest absolute Gasteiger partial charge is 0.273 e. The first kappa shape index (κ1) is 15.7. The number of nitrogens with one attached hydrogen (secondary N) is 1. The molecule has 2 aromatic heterocycles. The number of carbonyl (C=O) groups excluding carboxylic acids is 2. The third-order valence-electron chi connectivity index (χ3n) is 3.79. The number of hydrogen-bond acceptors (Lipinski definition) is 5. The molecule has 0 aromatic carbocycles. The zero-order valence-corrected chi connectivity index (χ0v) is 14.0. The number of rotatable bonds is 3. The van der Waals surface area contributed by atoms with Crippen LogP contribution in [0.4, 0.5) is 5.13 Å². The number of anilines is 1. The third-order valence-corrected chi connectivity index (χ3v) is 4.55. The number of amides is 2. The van der Waals surface area contributed by atoms with E-state index in [0.29, 0.717) is 17.4 Å². The van der Waals surface area contributed by atoms with Gasteiger partial charge in [-0.2, -0.15) is 5.10 Å². The molecule has 0 spiro atoms. The first-order valence-electron chi connectivity index (χ1n) is 7.56. The molecule has 1 aliphatic rings. The highest BCUT2D eigenvalue weighted by Gasteiger charge is 2.27. The number of aryl methyl sites for hydroxylation is 1. The normalized spacial score (nSPS) is 18.0. The van der Waals surface area contributed by atoms with Crippen LogP contribution < -0.4 is 5.32 Å². The van der Waals surface area contributed by atoms with E-state index in [9.17, 15) is 9.59 Å². The average Bonchev–Trinajstić information content (AvgIpc) is 3.15. The second-order valence-electron chi connectivity index (χ2n) is 5.76. The lowest BCUT2D eigenvalue weighted by Crippen LogP contribution is -2.41. The van der Waals surface area contributed by atoms with Crippen molar-refractivity contribution in [2.75, 3.05) is 18.4 Å². The second-order valence-corrected chi connectivity index (χ2v) is 6.62. The molecule has 7 nitrogen and oxygen atoms in total. The standard InChI is InChI=1S/C15H19N5O2S/c1-10-6-16-20(7-10)12-4-3-5-19(8-12)14(22)13-9-23-15(18-13)17-11(2)21/h6-7,9,12H,3-5,8H2,1-2H3,(H,17,18,21). The van der Waals surface area contributed by atoms with Gasteiger partial charge in [0.05, 0.1) is 12.2 Å². The van der Waals surface area contributed by atoms with Crippen LogP contribution in [0.25, 0.3) is 0 Å². The minimum atomic E-state index is -0.189. The van der Waals surface area contributed by atoms with Gasteiger partial charge in [-0.25, -0.2) is 4.98 Å². The van der Waals surface area contributed by atoms with Crippen LogP contribution in [0.1, 0.15) is 41.9 Å². The lowest BCUT2D eigenvalue weighted by Gasteiger charge is -2.32. The van der Waals surface area contributed by atoms with E-state index in [1.165, 1.54) is 18.3 Å².